The molecule has 3 rings (SSSR count). The second kappa shape index (κ2) is 9.63. The number of carbonyl (C=O) groups is 3. The van der Waals surface area contributed by atoms with Crippen LogP contribution in [-0.2, 0) is 16.0 Å². The molecule has 6 nitrogen and oxygen atoms in total. The normalized spacial score (nSPS) is 10.9. The molecule has 0 bridgehead atoms. The van der Waals surface area contributed by atoms with E-state index in [0.717, 1.165) is 16.1 Å². The highest BCUT2D eigenvalue weighted by molar-refractivity contribution is 7.14. The molecule has 7 heteroatoms. The van der Waals surface area contributed by atoms with Crippen molar-refractivity contribution >= 4 is 39.9 Å². The fourth-order valence-electron chi connectivity index (χ4n) is 2.96. The lowest BCUT2D eigenvalue weighted by Crippen LogP contribution is -2.22. The minimum absolute atomic E-state index is 0.0842. The lowest BCUT2D eigenvalue weighted by atomic mass is 10.0. The number of Topliss-reactive ketones (excluding diaryl/α,β-unsaturated/α-hetero) is 1. The number of rotatable bonds is 8. The van der Waals surface area contributed by atoms with Crippen LogP contribution < -0.4 is 5.32 Å². The smallest absolute Gasteiger partial charge is 0.339 e. The summed E-state index contributed by atoms with van der Waals surface area (Å²) in [7, 11) is 0. The maximum absolute atomic E-state index is 12.7. The summed E-state index contributed by atoms with van der Waals surface area (Å²) < 4.78 is 5.34. The summed E-state index contributed by atoms with van der Waals surface area (Å²) in [5.74, 6) is -0.711. The number of hydrogen-bond acceptors (Lipinski definition) is 6. The molecule has 0 saturated heterocycles. The summed E-state index contributed by atoms with van der Waals surface area (Å²) in [6.45, 7) is 5.68. The van der Waals surface area contributed by atoms with E-state index in [2.05, 4.69) is 10.3 Å². The van der Waals surface area contributed by atoms with Crippen molar-refractivity contribution in [2.24, 2.45) is 0 Å². The fraction of sp³-hybridized carbons (Fsp3) is 0.304. The van der Waals surface area contributed by atoms with Gasteiger partial charge in [0.1, 0.15) is 0 Å². The molecule has 0 aliphatic heterocycles. The molecule has 1 N–H and O–H groups in total. The van der Waals surface area contributed by atoms with Gasteiger partial charge in [0.2, 0.25) is 11.7 Å². The van der Waals surface area contributed by atoms with Crippen molar-refractivity contribution in [2.75, 3.05) is 13.2 Å². The Bertz CT molecular complexity index is 1090. The average Bonchev–Trinajstić information content (AvgIpc) is 3.19. The topological polar surface area (TPSA) is 85.4 Å². The molecule has 0 unspecified atom stereocenters. The molecule has 1 aromatic carbocycles. The Morgan fingerprint density at radius 2 is 1.90 bits per heavy atom. The number of ether oxygens (including phenoxy) is 1. The number of nitrogens with zero attached hydrogens (tertiary/aromatic N) is 1. The number of fused-ring (bicyclic) bond motifs is 1. The van der Waals surface area contributed by atoms with E-state index in [9.17, 15) is 14.4 Å². The van der Waals surface area contributed by atoms with Gasteiger partial charge in [-0.1, -0.05) is 32.0 Å². The molecule has 0 aliphatic carbocycles. The minimum atomic E-state index is -0.536. The van der Waals surface area contributed by atoms with Crippen LogP contribution in [-0.4, -0.2) is 35.8 Å². The van der Waals surface area contributed by atoms with Crippen molar-refractivity contribution in [3.63, 3.8) is 0 Å². The van der Waals surface area contributed by atoms with Crippen LogP contribution in [0.2, 0.25) is 0 Å². The standard InChI is InChI=1S/C23H24N2O4S/c1-14(2)20-12-18(17-6-4-5-7-19(17)25-20)23(28)29-13-21(27)22-9-8-16(30-22)10-11-24-15(3)26/h4-9,12,14H,10-11,13H2,1-3H3,(H,24,26). The number of thiophene rings is 1. The number of benzene rings is 1. The molecule has 0 atom stereocenters. The molecule has 2 aromatic heterocycles. The maximum atomic E-state index is 12.7. The summed E-state index contributed by atoms with van der Waals surface area (Å²) in [6, 6.07) is 12.7. The van der Waals surface area contributed by atoms with Crippen molar-refractivity contribution in [2.45, 2.75) is 33.1 Å². The van der Waals surface area contributed by atoms with Gasteiger partial charge < -0.3 is 10.1 Å². The summed E-state index contributed by atoms with van der Waals surface area (Å²) >= 11 is 1.35. The number of nitrogens with one attached hydrogen (secondary N) is 1. The van der Waals surface area contributed by atoms with E-state index in [0.29, 0.717) is 28.8 Å². The Kier molecular flexibility index (Phi) is 6.95. The van der Waals surface area contributed by atoms with Gasteiger partial charge in [-0.25, -0.2) is 4.79 Å². The molecule has 0 saturated carbocycles. The summed E-state index contributed by atoms with van der Waals surface area (Å²) in [4.78, 5) is 42.3. The molecule has 1 amide bonds. The van der Waals surface area contributed by atoms with E-state index in [1.807, 2.05) is 44.2 Å². The molecular formula is C23H24N2O4S. The van der Waals surface area contributed by atoms with E-state index in [1.165, 1.54) is 18.3 Å². The van der Waals surface area contributed by atoms with Crippen LogP contribution >= 0.6 is 11.3 Å². The van der Waals surface area contributed by atoms with Crippen LogP contribution in [0.5, 0.6) is 0 Å². The van der Waals surface area contributed by atoms with Gasteiger partial charge in [-0.2, -0.15) is 0 Å². The van der Waals surface area contributed by atoms with Gasteiger partial charge in [0.25, 0.3) is 0 Å². The van der Waals surface area contributed by atoms with Gasteiger partial charge in [0.15, 0.2) is 6.61 Å². The Balaban J connectivity index is 1.68. The molecular weight excluding hydrogens is 400 g/mol. The second-order valence-electron chi connectivity index (χ2n) is 7.26. The van der Waals surface area contributed by atoms with Gasteiger partial charge in [-0.3, -0.25) is 14.6 Å². The lowest BCUT2D eigenvalue weighted by Gasteiger charge is -2.11. The molecule has 3 aromatic rings. The molecule has 0 spiro atoms. The Morgan fingerprint density at radius 1 is 1.13 bits per heavy atom. The number of pyridine rings is 1. The molecule has 156 valence electrons. The zero-order valence-electron chi connectivity index (χ0n) is 17.2. The Hall–Kier alpha value is -3.06. The second-order valence-corrected chi connectivity index (χ2v) is 8.43. The SMILES string of the molecule is CC(=O)NCCc1ccc(C(=O)COC(=O)c2cc(C(C)C)nc3ccccc23)s1. The van der Waals surface area contributed by atoms with E-state index >= 15 is 0 Å². The van der Waals surface area contributed by atoms with Crippen molar-refractivity contribution < 1.29 is 19.1 Å². The summed E-state index contributed by atoms with van der Waals surface area (Å²) in [6.07, 6.45) is 0.651. The quantitative estimate of drug-likeness (QED) is 0.434. The van der Waals surface area contributed by atoms with Crippen molar-refractivity contribution in [3.05, 3.63) is 63.5 Å². The van der Waals surface area contributed by atoms with Crippen LogP contribution in [0.3, 0.4) is 0 Å². The highest BCUT2D eigenvalue weighted by Gasteiger charge is 2.18. The zero-order valence-corrected chi connectivity index (χ0v) is 18.0. The number of hydrogen-bond donors (Lipinski definition) is 1. The third-order valence-electron chi connectivity index (χ3n) is 4.56. The van der Waals surface area contributed by atoms with E-state index in [-0.39, 0.29) is 24.2 Å². The monoisotopic (exact) mass is 424 g/mol. The van der Waals surface area contributed by atoms with Gasteiger partial charge in [-0.05, 0) is 36.6 Å². The highest BCUT2D eigenvalue weighted by atomic mass is 32.1. The van der Waals surface area contributed by atoms with Crippen molar-refractivity contribution in [3.8, 4) is 0 Å². The molecule has 30 heavy (non-hydrogen) atoms. The van der Waals surface area contributed by atoms with Crippen molar-refractivity contribution in [1.29, 1.82) is 0 Å². The molecule has 0 fully saturated rings. The number of amides is 1. The zero-order chi connectivity index (χ0) is 21.7. The van der Waals surface area contributed by atoms with Gasteiger partial charge in [-0.15, -0.1) is 11.3 Å². The van der Waals surface area contributed by atoms with Crippen LogP contribution in [0.15, 0.2) is 42.5 Å². The first-order valence-electron chi connectivity index (χ1n) is 9.78. The molecule has 0 aliphatic rings. The van der Waals surface area contributed by atoms with Crippen LogP contribution in [0.1, 0.15) is 57.3 Å². The minimum Gasteiger partial charge on any atom is -0.454 e. The lowest BCUT2D eigenvalue weighted by molar-refractivity contribution is -0.118. The third-order valence-corrected chi connectivity index (χ3v) is 5.75. The first kappa shape index (κ1) is 21.6. The van der Waals surface area contributed by atoms with Crippen molar-refractivity contribution in [1.82, 2.24) is 10.3 Å². The fourth-order valence-corrected chi connectivity index (χ4v) is 3.90. The van der Waals surface area contributed by atoms with Gasteiger partial charge in [0.05, 0.1) is 16.0 Å². The first-order chi connectivity index (χ1) is 14.3. The number of carbonyl (C=O) groups excluding carboxylic acids is 3. The Morgan fingerprint density at radius 3 is 2.63 bits per heavy atom. The van der Waals surface area contributed by atoms with E-state index in [1.54, 1.807) is 12.1 Å². The summed E-state index contributed by atoms with van der Waals surface area (Å²) in [5.41, 5.74) is 1.94. The van der Waals surface area contributed by atoms with Crippen LogP contribution in [0.25, 0.3) is 10.9 Å². The highest BCUT2D eigenvalue weighted by Crippen LogP contribution is 2.23. The molecule has 2 heterocycles. The number of esters is 1. The van der Waals surface area contributed by atoms with E-state index < -0.39 is 5.97 Å². The molecule has 0 radical (unpaired) electrons. The van der Waals surface area contributed by atoms with E-state index in [4.69, 9.17) is 4.74 Å². The predicted octanol–water partition coefficient (Wildman–Crippen LogP) is 4.14. The largest absolute Gasteiger partial charge is 0.454 e. The van der Waals surface area contributed by atoms with Gasteiger partial charge >= 0.3 is 5.97 Å². The summed E-state index contributed by atoms with van der Waals surface area (Å²) in [5, 5.41) is 3.43. The predicted molar refractivity (Wildman–Crippen MR) is 117 cm³/mol. The van der Waals surface area contributed by atoms with Gasteiger partial charge in [0, 0.05) is 29.4 Å². The number of ketones is 1. The number of aromatic nitrogens is 1. The maximum Gasteiger partial charge on any atom is 0.339 e. The average molecular weight is 425 g/mol. The first-order valence-corrected chi connectivity index (χ1v) is 10.6. The Labute approximate surface area is 179 Å². The van der Waals surface area contributed by atoms with Crippen LogP contribution in [0.4, 0.5) is 0 Å². The third kappa shape index (κ3) is 5.30. The number of para-hydroxylation sites is 1. The van der Waals surface area contributed by atoms with Crippen LogP contribution in [0, 0.1) is 0 Å².